The minimum atomic E-state index is -4.75. The van der Waals surface area contributed by atoms with Gasteiger partial charge in [-0.1, -0.05) is 11.6 Å². The van der Waals surface area contributed by atoms with E-state index in [1.54, 1.807) is 4.90 Å². The Kier molecular flexibility index (Phi) is 3.92. The standard InChI is InChI=1S/C14H14ClF3N2O3/c15-11-6-12(13(20(22)23)5-10(11)14(16,17)18)19-7-1-2-8(19)4-9(21)3-7/h5-9,21H,1-4H2. The van der Waals surface area contributed by atoms with Gasteiger partial charge in [-0.05, 0) is 31.7 Å². The van der Waals surface area contributed by atoms with Crippen LogP contribution in [-0.2, 0) is 6.18 Å². The molecule has 2 saturated heterocycles. The van der Waals surface area contributed by atoms with Crippen LogP contribution in [0.25, 0.3) is 0 Å². The molecule has 3 rings (SSSR count). The van der Waals surface area contributed by atoms with Gasteiger partial charge in [0.25, 0.3) is 5.69 Å². The van der Waals surface area contributed by atoms with E-state index >= 15 is 0 Å². The topological polar surface area (TPSA) is 66.6 Å². The molecule has 2 heterocycles. The van der Waals surface area contributed by atoms with Crippen LogP contribution in [-0.4, -0.2) is 28.2 Å². The quantitative estimate of drug-likeness (QED) is 0.651. The molecule has 0 spiro atoms. The third-order valence-corrected chi connectivity index (χ3v) is 4.87. The van der Waals surface area contributed by atoms with Gasteiger partial charge in [0.15, 0.2) is 0 Å². The van der Waals surface area contributed by atoms with Gasteiger partial charge in [-0.25, -0.2) is 0 Å². The maximum atomic E-state index is 12.9. The van der Waals surface area contributed by atoms with Gasteiger partial charge < -0.3 is 10.0 Å². The third-order valence-electron chi connectivity index (χ3n) is 4.55. The molecule has 1 aromatic carbocycles. The number of aliphatic hydroxyl groups excluding tert-OH is 1. The predicted molar refractivity (Wildman–Crippen MR) is 77.6 cm³/mol. The van der Waals surface area contributed by atoms with Gasteiger partial charge >= 0.3 is 6.18 Å². The van der Waals surface area contributed by atoms with Crippen molar-refractivity contribution in [1.29, 1.82) is 0 Å². The molecule has 0 radical (unpaired) electrons. The molecule has 126 valence electrons. The summed E-state index contributed by atoms with van der Waals surface area (Å²) in [5.41, 5.74) is -1.71. The van der Waals surface area contributed by atoms with Crippen LogP contribution in [0.15, 0.2) is 12.1 Å². The van der Waals surface area contributed by atoms with Crippen molar-refractivity contribution in [2.75, 3.05) is 4.90 Å². The van der Waals surface area contributed by atoms with Crippen LogP contribution >= 0.6 is 11.6 Å². The molecular formula is C14H14ClF3N2O3. The molecule has 1 aromatic rings. The number of nitrogens with zero attached hydrogens (tertiary/aromatic N) is 2. The Balaban J connectivity index is 2.09. The highest BCUT2D eigenvalue weighted by molar-refractivity contribution is 6.31. The van der Waals surface area contributed by atoms with E-state index in [4.69, 9.17) is 11.6 Å². The number of nitro benzene ring substituents is 1. The van der Waals surface area contributed by atoms with E-state index in [1.165, 1.54) is 0 Å². The lowest BCUT2D eigenvalue weighted by atomic mass is 9.98. The first-order valence-corrected chi connectivity index (χ1v) is 7.58. The molecule has 2 aliphatic heterocycles. The lowest BCUT2D eigenvalue weighted by Crippen LogP contribution is -2.45. The molecule has 2 fully saturated rings. The second kappa shape index (κ2) is 5.52. The first-order valence-electron chi connectivity index (χ1n) is 7.20. The number of aliphatic hydroxyl groups is 1. The summed E-state index contributed by atoms with van der Waals surface area (Å²) in [6, 6.07) is 1.30. The zero-order valence-corrected chi connectivity index (χ0v) is 12.6. The van der Waals surface area contributed by atoms with Crippen molar-refractivity contribution in [3.05, 3.63) is 32.8 Å². The van der Waals surface area contributed by atoms with E-state index < -0.39 is 33.5 Å². The van der Waals surface area contributed by atoms with Gasteiger partial charge in [-0.15, -0.1) is 0 Å². The van der Waals surface area contributed by atoms with Crippen molar-refractivity contribution in [1.82, 2.24) is 0 Å². The van der Waals surface area contributed by atoms with E-state index in [2.05, 4.69) is 0 Å². The Morgan fingerprint density at radius 1 is 1.26 bits per heavy atom. The van der Waals surface area contributed by atoms with Gasteiger partial charge in [-0.2, -0.15) is 13.2 Å². The number of hydrogen-bond acceptors (Lipinski definition) is 4. The van der Waals surface area contributed by atoms with Crippen molar-refractivity contribution < 1.29 is 23.2 Å². The largest absolute Gasteiger partial charge is 0.418 e. The Hall–Kier alpha value is -1.54. The summed E-state index contributed by atoms with van der Waals surface area (Å²) in [5, 5.41) is 20.5. The lowest BCUT2D eigenvalue weighted by molar-refractivity contribution is -0.384. The summed E-state index contributed by atoms with van der Waals surface area (Å²) in [5.74, 6) is 0. The van der Waals surface area contributed by atoms with Crippen molar-refractivity contribution >= 4 is 23.0 Å². The number of alkyl halides is 3. The van der Waals surface area contributed by atoms with Crippen molar-refractivity contribution in [2.24, 2.45) is 0 Å². The van der Waals surface area contributed by atoms with Crippen LogP contribution in [0.2, 0.25) is 5.02 Å². The monoisotopic (exact) mass is 350 g/mol. The molecule has 0 aliphatic carbocycles. The number of hydrogen-bond donors (Lipinski definition) is 1. The molecule has 0 saturated carbocycles. The Labute approximate surface area is 134 Å². The fraction of sp³-hybridized carbons (Fsp3) is 0.571. The number of fused-ring (bicyclic) bond motifs is 2. The molecule has 0 amide bonds. The molecule has 0 aromatic heterocycles. The van der Waals surface area contributed by atoms with Crippen LogP contribution in [0.1, 0.15) is 31.2 Å². The summed E-state index contributed by atoms with van der Waals surface area (Å²) in [6.07, 6.45) is -2.84. The molecule has 2 bridgehead atoms. The highest BCUT2D eigenvalue weighted by Crippen LogP contribution is 2.46. The average Bonchev–Trinajstić information content (AvgIpc) is 2.68. The Morgan fingerprint density at radius 3 is 2.30 bits per heavy atom. The first-order chi connectivity index (χ1) is 10.7. The number of nitro groups is 1. The zero-order valence-electron chi connectivity index (χ0n) is 11.9. The highest BCUT2D eigenvalue weighted by atomic mass is 35.5. The zero-order chi connectivity index (χ0) is 16.9. The highest BCUT2D eigenvalue weighted by Gasteiger charge is 2.44. The van der Waals surface area contributed by atoms with Gasteiger partial charge in [-0.3, -0.25) is 10.1 Å². The van der Waals surface area contributed by atoms with Gasteiger partial charge in [0.1, 0.15) is 5.69 Å². The molecular weight excluding hydrogens is 337 g/mol. The maximum absolute atomic E-state index is 12.9. The Morgan fingerprint density at radius 2 is 1.83 bits per heavy atom. The van der Waals surface area contributed by atoms with E-state index in [-0.39, 0.29) is 17.8 Å². The molecule has 9 heteroatoms. The second-order valence-electron chi connectivity index (χ2n) is 5.99. The van der Waals surface area contributed by atoms with Gasteiger partial charge in [0.2, 0.25) is 0 Å². The second-order valence-corrected chi connectivity index (χ2v) is 6.40. The molecule has 23 heavy (non-hydrogen) atoms. The van der Waals surface area contributed by atoms with Gasteiger partial charge in [0, 0.05) is 18.2 Å². The molecule has 2 unspecified atom stereocenters. The average molecular weight is 351 g/mol. The fourth-order valence-corrected chi connectivity index (χ4v) is 3.93. The van der Waals surface area contributed by atoms with Crippen molar-refractivity contribution in [3.63, 3.8) is 0 Å². The van der Waals surface area contributed by atoms with E-state index in [1.807, 2.05) is 0 Å². The van der Waals surface area contributed by atoms with Crippen LogP contribution < -0.4 is 4.90 Å². The summed E-state index contributed by atoms with van der Waals surface area (Å²) < 4.78 is 38.8. The molecule has 2 aliphatic rings. The van der Waals surface area contributed by atoms with E-state index in [0.29, 0.717) is 18.9 Å². The maximum Gasteiger partial charge on any atom is 0.418 e. The fourth-order valence-electron chi connectivity index (χ4n) is 3.66. The lowest BCUT2D eigenvalue weighted by Gasteiger charge is -2.38. The van der Waals surface area contributed by atoms with E-state index in [0.717, 1.165) is 18.9 Å². The van der Waals surface area contributed by atoms with Crippen molar-refractivity contribution in [3.8, 4) is 0 Å². The smallest absolute Gasteiger partial charge is 0.393 e. The van der Waals surface area contributed by atoms with Gasteiger partial charge in [0.05, 0.1) is 21.6 Å². The SMILES string of the molecule is O=[N+]([O-])c1cc(C(F)(F)F)c(Cl)cc1N1C2CCC1CC(O)C2. The summed E-state index contributed by atoms with van der Waals surface area (Å²) in [4.78, 5) is 12.2. The van der Waals surface area contributed by atoms with Crippen LogP contribution in [0.5, 0.6) is 0 Å². The van der Waals surface area contributed by atoms with Crippen LogP contribution in [0.3, 0.4) is 0 Å². The van der Waals surface area contributed by atoms with Crippen LogP contribution in [0.4, 0.5) is 24.5 Å². The number of piperidine rings is 1. The number of anilines is 1. The predicted octanol–water partition coefficient (Wildman–Crippen LogP) is 3.76. The number of rotatable bonds is 2. The third kappa shape index (κ3) is 2.85. The molecule has 1 N–H and O–H groups in total. The number of benzene rings is 1. The molecule has 2 atom stereocenters. The minimum Gasteiger partial charge on any atom is -0.393 e. The minimum absolute atomic E-state index is 0.104. The van der Waals surface area contributed by atoms with E-state index in [9.17, 15) is 28.4 Å². The summed E-state index contributed by atoms with van der Waals surface area (Å²) in [6.45, 7) is 0. The Bertz CT molecular complexity index is 639. The van der Waals surface area contributed by atoms with Crippen molar-refractivity contribution in [2.45, 2.75) is 50.0 Å². The summed E-state index contributed by atoms with van der Waals surface area (Å²) in [7, 11) is 0. The molecule has 5 nitrogen and oxygen atoms in total. The van der Waals surface area contributed by atoms with Crippen LogP contribution in [0, 0.1) is 10.1 Å². The normalized spacial score (nSPS) is 27.3. The number of halogens is 4. The summed E-state index contributed by atoms with van der Waals surface area (Å²) >= 11 is 5.74. The first kappa shape index (κ1) is 16.3.